The summed E-state index contributed by atoms with van der Waals surface area (Å²) in [6.45, 7) is 6.86. The van der Waals surface area contributed by atoms with Gasteiger partial charge in [0, 0.05) is 37.3 Å². The highest BCUT2D eigenvalue weighted by Gasteiger charge is 2.30. The molecule has 0 saturated carbocycles. The van der Waals surface area contributed by atoms with E-state index in [9.17, 15) is 13.2 Å². The van der Waals surface area contributed by atoms with Crippen LogP contribution in [0.25, 0.3) is 0 Å². The minimum absolute atomic E-state index is 0.554. The van der Waals surface area contributed by atoms with Crippen molar-refractivity contribution < 1.29 is 13.2 Å². The summed E-state index contributed by atoms with van der Waals surface area (Å²) in [5, 5.41) is 1.10. The average Bonchev–Trinajstić information content (AvgIpc) is 3.04. The van der Waals surface area contributed by atoms with Crippen LogP contribution in [-0.4, -0.2) is 48.0 Å². The van der Waals surface area contributed by atoms with E-state index in [0.29, 0.717) is 12.3 Å². The van der Waals surface area contributed by atoms with Crippen molar-refractivity contribution in [2.75, 3.05) is 33.2 Å². The Bertz CT molecular complexity index is 759. The number of aryl methyl sites for hydroxylation is 1. The van der Waals surface area contributed by atoms with E-state index < -0.39 is 11.7 Å². The summed E-state index contributed by atoms with van der Waals surface area (Å²) in [6.07, 6.45) is 0.714. The van der Waals surface area contributed by atoms with Crippen LogP contribution in [0.3, 0.4) is 0 Å². The molecule has 28 heavy (non-hydrogen) atoms. The van der Waals surface area contributed by atoms with Crippen molar-refractivity contribution >= 4 is 11.3 Å². The van der Waals surface area contributed by atoms with Gasteiger partial charge in [0.1, 0.15) is 0 Å². The number of aromatic nitrogens is 1. The standard InChI is InChI=1S/C21H28F3N3S/c1-16-25-12-20(28-16)15-26(2)13-18-6-4-9-27(14-18)10-8-17-5-3-7-19(11-17)21(22,23)24/h3,5,7,11-12,18H,4,6,8-10,13-15H2,1-2H3. The first-order chi connectivity index (χ1) is 13.3. The summed E-state index contributed by atoms with van der Waals surface area (Å²) in [6, 6.07) is 5.72. The molecule has 1 aromatic heterocycles. The molecule has 1 atom stereocenters. The fourth-order valence-electron chi connectivity index (χ4n) is 3.94. The van der Waals surface area contributed by atoms with Crippen LogP contribution >= 0.6 is 11.3 Å². The Kier molecular flexibility index (Phi) is 7.12. The number of rotatable bonds is 7. The highest BCUT2D eigenvalue weighted by atomic mass is 32.1. The first-order valence-electron chi connectivity index (χ1n) is 9.78. The van der Waals surface area contributed by atoms with Gasteiger partial charge in [-0.1, -0.05) is 18.2 Å². The van der Waals surface area contributed by atoms with Crippen LogP contribution in [0.2, 0.25) is 0 Å². The van der Waals surface area contributed by atoms with Gasteiger partial charge in [0.25, 0.3) is 0 Å². The average molecular weight is 412 g/mol. The summed E-state index contributed by atoms with van der Waals surface area (Å²) in [7, 11) is 2.15. The molecule has 0 aliphatic carbocycles. The van der Waals surface area contributed by atoms with Crippen LogP contribution in [0.15, 0.2) is 30.5 Å². The van der Waals surface area contributed by atoms with Crippen LogP contribution in [0, 0.1) is 12.8 Å². The second kappa shape index (κ2) is 9.37. The summed E-state index contributed by atoms with van der Waals surface area (Å²) in [4.78, 5) is 10.4. The third-order valence-corrected chi connectivity index (χ3v) is 6.14. The number of thiazole rings is 1. The quantitative estimate of drug-likeness (QED) is 0.649. The largest absolute Gasteiger partial charge is 0.416 e. The maximum absolute atomic E-state index is 12.9. The topological polar surface area (TPSA) is 19.4 Å². The predicted octanol–water partition coefficient (Wildman–Crippen LogP) is 4.86. The number of hydrogen-bond acceptors (Lipinski definition) is 4. The maximum atomic E-state index is 12.9. The van der Waals surface area contributed by atoms with E-state index in [1.54, 1.807) is 17.4 Å². The van der Waals surface area contributed by atoms with Gasteiger partial charge in [-0.05, 0) is 57.3 Å². The van der Waals surface area contributed by atoms with Gasteiger partial charge in [0.15, 0.2) is 0 Å². The van der Waals surface area contributed by atoms with Crippen molar-refractivity contribution in [3.05, 3.63) is 51.5 Å². The fourth-order valence-corrected chi connectivity index (χ4v) is 4.82. The Morgan fingerprint density at radius 3 is 2.86 bits per heavy atom. The van der Waals surface area contributed by atoms with Gasteiger partial charge in [-0.2, -0.15) is 13.2 Å². The number of alkyl halides is 3. The lowest BCUT2D eigenvalue weighted by Gasteiger charge is -2.34. The zero-order valence-corrected chi connectivity index (χ0v) is 17.3. The molecule has 0 radical (unpaired) electrons. The van der Waals surface area contributed by atoms with Gasteiger partial charge in [0.05, 0.1) is 10.6 Å². The smallest absolute Gasteiger partial charge is 0.303 e. The Morgan fingerprint density at radius 2 is 2.14 bits per heavy atom. The molecule has 1 fully saturated rings. The number of halogens is 3. The van der Waals surface area contributed by atoms with E-state index in [1.807, 2.05) is 13.1 Å². The fraction of sp³-hybridized carbons (Fsp3) is 0.571. The van der Waals surface area contributed by atoms with Crippen molar-refractivity contribution in [1.82, 2.24) is 14.8 Å². The number of nitrogens with zero attached hydrogens (tertiary/aromatic N) is 3. The summed E-state index contributed by atoms with van der Waals surface area (Å²) in [5.74, 6) is 0.606. The van der Waals surface area contributed by atoms with Gasteiger partial charge < -0.3 is 9.80 Å². The first kappa shape index (κ1) is 21.3. The molecule has 0 amide bonds. The Labute approximate surface area is 169 Å². The summed E-state index contributed by atoms with van der Waals surface area (Å²) in [5.41, 5.74) is 0.205. The lowest BCUT2D eigenvalue weighted by molar-refractivity contribution is -0.137. The molecule has 0 bridgehead atoms. The highest BCUT2D eigenvalue weighted by Crippen LogP contribution is 2.29. The van der Waals surface area contributed by atoms with Crippen molar-refractivity contribution in [2.45, 2.75) is 38.9 Å². The predicted molar refractivity (Wildman–Crippen MR) is 107 cm³/mol. The Morgan fingerprint density at radius 1 is 1.32 bits per heavy atom. The monoisotopic (exact) mass is 411 g/mol. The molecule has 2 heterocycles. The second-order valence-electron chi connectivity index (χ2n) is 7.80. The van der Waals surface area contributed by atoms with Gasteiger partial charge >= 0.3 is 6.18 Å². The van der Waals surface area contributed by atoms with Crippen molar-refractivity contribution in [2.24, 2.45) is 5.92 Å². The van der Waals surface area contributed by atoms with E-state index in [-0.39, 0.29) is 0 Å². The minimum Gasteiger partial charge on any atom is -0.303 e. The Hall–Kier alpha value is -1.44. The van der Waals surface area contributed by atoms with Crippen LogP contribution in [-0.2, 0) is 19.1 Å². The van der Waals surface area contributed by atoms with Crippen molar-refractivity contribution in [3.63, 3.8) is 0 Å². The molecule has 1 aromatic carbocycles. The molecule has 1 saturated heterocycles. The van der Waals surface area contributed by atoms with Crippen LogP contribution in [0.1, 0.15) is 33.9 Å². The van der Waals surface area contributed by atoms with Gasteiger partial charge in [0.2, 0.25) is 0 Å². The summed E-state index contributed by atoms with van der Waals surface area (Å²) < 4.78 is 38.6. The van der Waals surface area contributed by atoms with Gasteiger partial charge in [-0.15, -0.1) is 11.3 Å². The lowest BCUT2D eigenvalue weighted by Crippen LogP contribution is -2.40. The van der Waals surface area contributed by atoms with E-state index in [1.165, 1.54) is 23.4 Å². The molecule has 3 rings (SSSR count). The number of hydrogen-bond donors (Lipinski definition) is 0. The highest BCUT2D eigenvalue weighted by molar-refractivity contribution is 7.11. The molecule has 1 aliphatic rings. The third-order valence-electron chi connectivity index (χ3n) is 5.24. The number of likely N-dealkylation sites (tertiary alicyclic amines) is 1. The molecule has 0 spiro atoms. The Balaban J connectivity index is 1.47. The van der Waals surface area contributed by atoms with Crippen LogP contribution in [0.5, 0.6) is 0 Å². The van der Waals surface area contributed by atoms with E-state index in [2.05, 4.69) is 21.8 Å². The number of piperidine rings is 1. The van der Waals surface area contributed by atoms with Gasteiger partial charge in [-0.25, -0.2) is 4.98 Å². The molecule has 7 heteroatoms. The second-order valence-corrected chi connectivity index (χ2v) is 9.12. The van der Waals surface area contributed by atoms with Crippen molar-refractivity contribution in [1.29, 1.82) is 0 Å². The van der Waals surface area contributed by atoms with E-state index in [0.717, 1.165) is 55.8 Å². The summed E-state index contributed by atoms with van der Waals surface area (Å²) >= 11 is 1.74. The van der Waals surface area contributed by atoms with Crippen molar-refractivity contribution in [3.8, 4) is 0 Å². The molecule has 154 valence electrons. The van der Waals surface area contributed by atoms with E-state index in [4.69, 9.17) is 0 Å². The molecular weight excluding hydrogens is 383 g/mol. The van der Waals surface area contributed by atoms with Crippen LogP contribution < -0.4 is 0 Å². The number of benzene rings is 1. The molecule has 1 unspecified atom stereocenters. The molecule has 0 N–H and O–H groups in total. The first-order valence-corrected chi connectivity index (χ1v) is 10.6. The zero-order chi connectivity index (χ0) is 20.1. The van der Waals surface area contributed by atoms with Gasteiger partial charge in [-0.3, -0.25) is 0 Å². The minimum atomic E-state index is -4.27. The normalized spacial score (nSPS) is 18.7. The lowest BCUT2D eigenvalue weighted by atomic mass is 9.97. The maximum Gasteiger partial charge on any atom is 0.416 e. The van der Waals surface area contributed by atoms with E-state index >= 15 is 0 Å². The SMILES string of the molecule is Cc1ncc(CN(C)CC2CCCN(CCc3cccc(C(F)(F)F)c3)C2)s1. The van der Waals surface area contributed by atoms with Crippen LogP contribution in [0.4, 0.5) is 13.2 Å². The molecule has 1 aliphatic heterocycles. The zero-order valence-electron chi connectivity index (χ0n) is 16.5. The molecule has 2 aromatic rings. The third kappa shape index (κ3) is 6.29. The molecule has 3 nitrogen and oxygen atoms in total. The molecular formula is C21H28F3N3S.